The summed E-state index contributed by atoms with van der Waals surface area (Å²) in [5.41, 5.74) is 0.807. The topological polar surface area (TPSA) is 48.3 Å². The SMILES string of the molecule is CCOC(C)(C)Cn1cc(C)nc1NCCOC. The third-order valence-electron chi connectivity index (χ3n) is 2.57. The Morgan fingerprint density at radius 3 is 2.78 bits per heavy atom. The second-order valence-electron chi connectivity index (χ2n) is 4.95. The van der Waals surface area contributed by atoms with E-state index in [1.807, 2.05) is 20.0 Å². The molecule has 0 atom stereocenters. The van der Waals surface area contributed by atoms with Crippen molar-refractivity contribution in [3.8, 4) is 0 Å². The fourth-order valence-electron chi connectivity index (χ4n) is 1.92. The van der Waals surface area contributed by atoms with Crippen molar-refractivity contribution in [2.45, 2.75) is 39.8 Å². The van der Waals surface area contributed by atoms with E-state index in [4.69, 9.17) is 9.47 Å². The molecule has 0 saturated carbocycles. The van der Waals surface area contributed by atoms with Crippen molar-refractivity contribution in [3.63, 3.8) is 0 Å². The fourth-order valence-corrected chi connectivity index (χ4v) is 1.92. The predicted octanol–water partition coefficient (Wildman–Crippen LogP) is 2.06. The highest BCUT2D eigenvalue weighted by molar-refractivity contribution is 5.28. The number of nitrogens with one attached hydrogen (secondary N) is 1. The zero-order valence-corrected chi connectivity index (χ0v) is 12.1. The summed E-state index contributed by atoms with van der Waals surface area (Å²) in [4.78, 5) is 4.47. The lowest BCUT2D eigenvalue weighted by Crippen LogP contribution is -2.31. The van der Waals surface area contributed by atoms with Crippen LogP contribution in [0.1, 0.15) is 26.5 Å². The average Bonchev–Trinajstić information content (AvgIpc) is 2.58. The summed E-state index contributed by atoms with van der Waals surface area (Å²) < 4.78 is 12.8. The molecule has 0 aliphatic rings. The Labute approximate surface area is 109 Å². The van der Waals surface area contributed by atoms with Crippen LogP contribution in [0.15, 0.2) is 6.20 Å². The molecule has 1 rings (SSSR count). The molecule has 0 fully saturated rings. The van der Waals surface area contributed by atoms with Crippen LogP contribution in [-0.2, 0) is 16.0 Å². The minimum Gasteiger partial charge on any atom is -0.383 e. The normalized spacial score (nSPS) is 11.8. The maximum absolute atomic E-state index is 5.72. The van der Waals surface area contributed by atoms with Crippen LogP contribution < -0.4 is 5.32 Å². The van der Waals surface area contributed by atoms with Gasteiger partial charge in [-0.1, -0.05) is 0 Å². The molecule has 104 valence electrons. The highest BCUT2D eigenvalue weighted by Crippen LogP contribution is 2.17. The van der Waals surface area contributed by atoms with Gasteiger partial charge in [0.2, 0.25) is 5.95 Å². The maximum Gasteiger partial charge on any atom is 0.203 e. The second kappa shape index (κ2) is 6.75. The minimum atomic E-state index is -0.195. The first-order valence-electron chi connectivity index (χ1n) is 6.39. The predicted molar refractivity (Wildman–Crippen MR) is 73.0 cm³/mol. The third kappa shape index (κ3) is 4.66. The van der Waals surface area contributed by atoms with Crippen molar-refractivity contribution in [1.29, 1.82) is 0 Å². The molecule has 1 N–H and O–H groups in total. The van der Waals surface area contributed by atoms with E-state index < -0.39 is 0 Å². The van der Waals surface area contributed by atoms with E-state index in [1.54, 1.807) is 7.11 Å². The van der Waals surface area contributed by atoms with Crippen molar-refractivity contribution in [2.75, 3.05) is 32.2 Å². The van der Waals surface area contributed by atoms with Crippen molar-refractivity contribution in [1.82, 2.24) is 9.55 Å². The standard InChI is InChI=1S/C13H25N3O2/c1-6-18-13(3,4)10-16-9-11(2)15-12(16)14-7-8-17-5/h9H,6-8,10H2,1-5H3,(H,14,15). The first-order chi connectivity index (χ1) is 8.48. The number of ether oxygens (including phenoxy) is 2. The van der Waals surface area contributed by atoms with Crippen LogP contribution in [0.25, 0.3) is 0 Å². The van der Waals surface area contributed by atoms with Gasteiger partial charge in [-0.2, -0.15) is 0 Å². The first-order valence-corrected chi connectivity index (χ1v) is 6.39. The van der Waals surface area contributed by atoms with Crippen molar-refractivity contribution < 1.29 is 9.47 Å². The molecule has 0 unspecified atom stereocenters. The smallest absolute Gasteiger partial charge is 0.203 e. The minimum absolute atomic E-state index is 0.195. The Balaban J connectivity index is 2.69. The highest BCUT2D eigenvalue weighted by Gasteiger charge is 2.20. The van der Waals surface area contributed by atoms with Crippen molar-refractivity contribution in [2.24, 2.45) is 0 Å². The largest absolute Gasteiger partial charge is 0.383 e. The number of rotatable bonds is 8. The van der Waals surface area contributed by atoms with Crippen LogP contribution in [-0.4, -0.2) is 42.0 Å². The second-order valence-corrected chi connectivity index (χ2v) is 4.95. The Morgan fingerprint density at radius 2 is 2.17 bits per heavy atom. The molecule has 0 aliphatic heterocycles. The van der Waals surface area contributed by atoms with Gasteiger partial charge in [0.15, 0.2) is 0 Å². The molecule has 1 aromatic rings. The van der Waals surface area contributed by atoms with Gasteiger partial charge in [0, 0.05) is 26.5 Å². The molecule has 0 spiro atoms. The molecular weight excluding hydrogens is 230 g/mol. The highest BCUT2D eigenvalue weighted by atomic mass is 16.5. The van der Waals surface area contributed by atoms with E-state index in [2.05, 4.69) is 28.7 Å². The van der Waals surface area contributed by atoms with Gasteiger partial charge < -0.3 is 19.4 Å². The average molecular weight is 255 g/mol. The molecule has 1 heterocycles. The molecule has 18 heavy (non-hydrogen) atoms. The summed E-state index contributed by atoms with van der Waals surface area (Å²) in [6, 6.07) is 0. The number of hydrogen-bond acceptors (Lipinski definition) is 4. The van der Waals surface area contributed by atoms with Crippen LogP contribution in [0.3, 0.4) is 0 Å². The van der Waals surface area contributed by atoms with E-state index in [0.717, 1.165) is 24.7 Å². The Kier molecular flexibility index (Phi) is 5.62. The number of imidazole rings is 1. The van der Waals surface area contributed by atoms with Gasteiger partial charge in [-0.15, -0.1) is 0 Å². The van der Waals surface area contributed by atoms with E-state index in [0.29, 0.717) is 13.2 Å². The summed E-state index contributed by atoms with van der Waals surface area (Å²) >= 11 is 0. The number of hydrogen-bond donors (Lipinski definition) is 1. The monoisotopic (exact) mass is 255 g/mol. The van der Waals surface area contributed by atoms with Crippen LogP contribution in [0.4, 0.5) is 5.95 Å². The Hall–Kier alpha value is -1.07. The van der Waals surface area contributed by atoms with Gasteiger partial charge in [-0.05, 0) is 27.7 Å². The molecule has 0 saturated heterocycles. The molecule has 5 heteroatoms. The molecule has 1 aromatic heterocycles. The van der Waals surface area contributed by atoms with E-state index in [-0.39, 0.29) is 5.60 Å². The van der Waals surface area contributed by atoms with E-state index in [9.17, 15) is 0 Å². The van der Waals surface area contributed by atoms with Crippen LogP contribution in [0.2, 0.25) is 0 Å². The summed E-state index contributed by atoms with van der Waals surface area (Å²) in [6.07, 6.45) is 2.04. The number of aryl methyl sites for hydroxylation is 1. The Morgan fingerprint density at radius 1 is 1.44 bits per heavy atom. The lowest BCUT2D eigenvalue weighted by atomic mass is 10.1. The van der Waals surface area contributed by atoms with Gasteiger partial charge >= 0.3 is 0 Å². The van der Waals surface area contributed by atoms with Crippen molar-refractivity contribution >= 4 is 5.95 Å². The zero-order valence-electron chi connectivity index (χ0n) is 12.1. The molecule has 0 radical (unpaired) electrons. The van der Waals surface area contributed by atoms with Gasteiger partial charge in [0.1, 0.15) is 0 Å². The molecule has 0 amide bonds. The third-order valence-corrected chi connectivity index (χ3v) is 2.57. The molecule has 0 bridgehead atoms. The summed E-state index contributed by atoms with van der Waals surface area (Å²) in [7, 11) is 1.69. The van der Waals surface area contributed by atoms with E-state index in [1.165, 1.54) is 0 Å². The lowest BCUT2D eigenvalue weighted by Gasteiger charge is -2.26. The summed E-state index contributed by atoms with van der Waals surface area (Å²) in [6.45, 7) is 11.1. The fraction of sp³-hybridized carbons (Fsp3) is 0.769. The maximum atomic E-state index is 5.72. The molecular formula is C13H25N3O2. The summed E-state index contributed by atoms with van der Waals surface area (Å²) in [5, 5.41) is 3.27. The van der Waals surface area contributed by atoms with Gasteiger partial charge in [-0.25, -0.2) is 4.98 Å². The molecule has 0 aromatic carbocycles. The number of nitrogens with zero attached hydrogens (tertiary/aromatic N) is 2. The Bertz CT molecular complexity index is 361. The van der Waals surface area contributed by atoms with Crippen LogP contribution >= 0.6 is 0 Å². The first kappa shape index (κ1) is 15.0. The molecule has 5 nitrogen and oxygen atoms in total. The van der Waals surface area contributed by atoms with Gasteiger partial charge in [0.25, 0.3) is 0 Å². The number of methoxy groups -OCH3 is 1. The van der Waals surface area contributed by atoms with Gasteiger partial charge in [-0.3, -0.25) is 0 Å². The van der Waals surface area contributed by atoms with Crippen LogP contribution in [0.5, 0.6) is 0 Å². The van der Waals surface area contributed by atoms with Gasteiger partial charge in [0.05, 0.1) is 24.4 Å². The van der Waals surface area contributed by atoms with Crippen molar-refractivity contribution in [3.05, 3.63) is 11.9 Å². The number of aromatic nitrogens is 2. The quantitative estimate of drug-likeness (QED) is 0.722. The lowest BCUT2D eigenvalue weighted by molar-refractivity contribution is -0.0220. The molecule has 0 aliphatic carbocycles. The zero-order chi connectivity index (χ0) is 13.6. The van der Waals surface area contributed by atoms with E-state index >= 15 is 0 Å². The van der Waals surface area contributed by atoms with Crippen LogP contribution in [0, 0.1) is 6.92 Å². The number of anilines is 1. The summed E-state index contributed by atoms with van der Waals surface area (Å²) in [5.74, 6) is 0.873.